The van der Waals surface area contributed by atoms with E-state index < -0.39 is 34.2 Å². The van der Waals surface area contributed by atoms with E-state index in [0.717, 1.165) is 32.8 Å². The number of piperidine rings is 1. The van der Waals surface area contributed by atoms with Crippen molar-refractivity contribution in [1.82, 2.24) is 19.2 Å². The molecule has 2 aromatic heterocycles. The summed E-state index contributed by atoms with van der Waals surface area (Å²) in [4.78, 5) is 32.4. The van der Waals surface area contributed by atoms with Crippen molar-refractivity contribution in [3.8, 4) is 11.1 Å². The van der Waals surface area contributed by atoms with E-state index in [-0.39, 0.29) is 48.3 Å². The van der Waals surface area contributed by atoms with Crippen molar-refractivity contribution >= 4 is 44.4 Å². The molecule has 0 unspecified atom stereocenters. The predicted octanol–water partition coefficient (Wildman–Crippen LogP) is 5.98. The summed E-state index contributed by atoms with van der Waals surface area (Å²) in [6.45, 7) is 3.83. The summed E-state index contributed by atoms with van der Waals surface area (Å²) in [6, 6.07) is 25.2. The van der Waals surface area contributed by atoms with E-state index in [0.29, 0.717) is 24.0 Å². The van der Waals surface area contributed by atoms with Crippen molar-refractivity contribution in [3.05, 3.63) is 108 Å². The second-order valence-corrected chi connectivity index (χ2v) is 14.5. The van der Waals surface area contributed by atoms with Crippen molar-refractivity contribution in [2.24, 2.45) is 0 Å². The maximum Gasteiger partial charge on any atom is 0.407 e. The maximum atomic E-state index is 15.4. The third-order valence-corrected chi connectivity index (χ3v) is 11.3. The number of alkyl halides is 1. The van der Waals surface area contributed by atoms with Gasteiger partial charge in [0, 0.05) is 43.6 Å². The SMILES string of the molecule is CCN1CC[C@@H](Nc2c(NC(=O)CCNC(=O)OCC3c4ccccc4-c4ccccc43)cnc3c2ccn3S(=O)(=O)c2ccccc2)[C@H](F)C1. The molecule has 0 saturated carbocycles. The van der Waals surface area contributed by atoms with Crippen LogP contribution in [0.4, 0.5) is 20.6 Å². The number of carbonyl (C=O) groups excluding carboxylic acids is 2. The number of carbonyl (C=O) groups is 2. The summed E-state index contributed by atoms with van der Waals surface area (Å²) in [5.41, 5.74) is 5.24. The minimum Gasteiger partial charge on any atom is -0.449 e. The zero-order valence-corrected chi connectivity index (χ0v) is 28.9. The molecular formula is C38H39FN6O5S. The molecule has 11 nitrogen and oxygen atoms in total. The lowest BCUT2D eigenvalue weighted by Crippen LogP contribution is -2.47. The third kappa shape index (κ3) is 6.91. The molecule has 3 aromatic carbocycles. The van der Waals surface area contributed by atoms with E-state index in [2.05, 4.69) is 33.1 Å². The average molecular weight is 711 g/mol. The van der Waals surface area contributed by atoms with Crippen molar-refractivity contribution in [2.75, 3.05) is 43.4 Å². The van der Waals surface area contributed by atoms with E-state index in [4.69, 9.17) is 4.74 Å². The molecule has 13 heteroatoms. The number of alkyl carbamates (subject to hydrolysis) is 1. The molecule has 1 aliphatic carbocycles. The summed E-state index contributed by atoms with van der Waals surface area (Å²) in [7, 11) is -3.98. The van der Waals surface area contributed by atoms with Crippen LogP contribution < -0.4 is 16.0 Å². The molecule has 51 heavy (non-hydrogen) atoms. The molecule has 0 spiro atoms. The summed E-state index contributed by atoms with van der Waals surface area (Å²) in [5.74, 6) is -0.512. The fourth-order valence-corrected chi connectivity index (χ4v) is 8.28. The maximum absolute atomic E-state index is 15.4. The van der Waals surface area contributed by atoms with Gasteiger partial charge in [0.1, 0.15) is 12.8 Å². The Labute approximate surface area is 295 Å². The summed E-state index contributed by atoms with van der Waals surface area (Å²) in [6.07, 6.45) is 1.38. The fraction of sp³-hybridized carbons (Fsp3) is 0.289. The number of pyridine rings is 1. The Hall–Kier alpha value is -5.27. The smallest absolute Gasteiger partial charge is 0.407 e. The number of halogens is 1. The van der Waals surface area contributed by atoms with Gasteiger partial charge in [-0.15, -0.1) is 0 Å². The molecule has 1 saturated heterocycles. The van der Waals surface area contributed by atoms with Crippen LogP contribution in [-0.2, 0) is 19.6 Å². The quantitative estimate of drug-likeness (QED) is 0.152. The molecule has 0 radical (unpaired) electrons. The Bertz CT molecular complexity index is 2130. The normalized spacial score (nSPS) is 17.5. The van der Waals surface area contributed by atoms with E-state index in [1.807, 2.05) is 48.2 Å². The number of benzene rings is 3. The number of likely N-dealkylation sites (tertiary alicyclic amines) is 1. The number of aromatic nitrogens is 2. The molecule has 0 bridgehead atoms. The van der Waals surface area contributed by atoms with Crippen LogP contribution in [0, 0.1) is 0 Å². The largest absolute Gasteiger partial charge is 0.449 e. The monoisotopic (exact) mass is 710 g/mol. The van der Waals surface area contributed by atoms with Gasteiger partial charge in [-0.05, 0) is 53.4 Å². The molecule has 2 atom stereocenters. The van der Waals surface area contributed by atoms with Gasteiger partial charge in [0.15, 0.2) is 5.65 Å². The number of ether oxygens (including phenoxy) is 1. The van der Waals surface area contributed by atoms with Crippen LogP contribution in [0.2, 0.25) is 0 Å². The van der Waals surface area contributed by atoms with Crippen LogP contribution >= 0.6 is 0 Å². The molecule has 1 fully saturated rings. The van der Waals surface area contributed by atoms with Crippen molar-refractivity contribution in [1.29, 1.82) is 0 Å². The minimum atomic E-state index is -3.98. The van der Waals surface area contributed by atoms with E-state index in [1.54, 1.807) is 24.3 Å². The van der Waals surface area contributed by atoms with E-state index >= 15 is 4.39 Å². The molecule has 264 valence electrons. The van der Waals surface area contributed by atoms with Gasteiger partial charge in [0.25, 0.3) is 10.0 Å². The second-order valence-electron chi connectivity index (χ2n) is 12.7. The number of rotatable bonds is 11. The molecule has 3 heterocycles. The fourth-order valence-electron chi connectivity index (χ4n) is 6.96. The van der Waals surface area contributed by atoms with Crippen LogP contribution in [0.15, 0.2) is 102 Å². The zero-order valence-electron chi connectivity index (χ0n) is 28.1. The predicted molar refractivity (Wildman–Crippen MR) is 194 cm³/mol. The number of nitrogens with one attached hydrogen (secondary N) is 3. The number of anilines is 2. The lowest BCUT2D eigenvalue weighted by atomic mass is 9.98. The Morgan fingerprint density at radius 3 is 2.33 bits per heavy atom. The van der Waals surface area contributed by atoms with Gasteiger partial charge in [-0.3, -0.25) is 4.79 Å². The Morgan fingerprint density at radius 1 is 0.961 bits per heavy atom. The van der Waals surface area contributed by atoms with Crippen molar-refractivity contribution < 1.29 is 27.1 Å². The highest BCUT2D eigenvalue weighted by Gasteiger charge is 2.31. The molecule has 2 amide bonds. The molecule has 2 aliphatic rings. The first-order chi connectivity index (χ1) is 24.7. The van der Waals surface area contributed by atoms with Crippen LogP contribution in [0.1, 0.15) is 36.8 Å². The molecule has 5 aromatic rings. The van der Waals surface area contributed by atoms with Crippen LogP contribution in [0.25, 0.3) is 22.2 Å². The highest BCUT2D eigenvalue weighted by atomic mass is 32.2. The van der Waals surface area contributed by atoms with E-state index in [1.165, 1.54) is 24.5 Å². The Balaban J connectivity index is 1.03. The molecule has 3 N–H and O–H groups in total. The number of fused-ring (bicyclic) bond motifs is 4. The van der Waals surface area contributed by atoms with Crippen LogP contribution in [0.5, 0.6) is 0 Å². The third-order valence-electron chi connectivity index (χ3n) is 9.62. The highest BCUT2D eigenvalue weighted by Crippen LogP contribution is 2.44. The van der Waals surface area contributed by atoms with Gasteiger partial charge >= 0.3 is 6.09 Å². The first kappa shape index (κ1) is 34.2. The number of amides is 2. The molecule has 1 aliphatic heterocycles. The number of hydrogen-bond donors (Lipinski definition) is 3. The van der Waals surface area contributed by atoms with Gasteiger partial charge in [0.05, 0.1) is 28.5 Å². The van der Waals surface area contributed by atoms with Gasteiger partial charge in [-0.2, -0.15) is 0 Å². The Morgan fingerprint density at radius 2 is 1.65 bits per heavy atom. The molecule has 7 rings (SSSR count). The minimum absolute atomic E-state index is 0.00860. The summed E-state index contributed by atoms with van der Waals surface area (Å²) < 4.78 is 49.1. The zero-order chi connectivity index (χ0) is 35.5. The van der Waals surface area contributed by atoms with Crippen LogP contribution in [0.3, 0.4) is 0 Å². The lowest BCUT2D eigenvalue weighted by molar-refractivity contribution is -0.116. The van der Waals surface area contributed by atoms with Crippen LogP contribution in [-0.4, -0.2) is 79.3 Å². The number of hydrogen-bond acceptors (Lipinski definition) is 8. The van der Waals surface area contributed by atoms with Gasteiger partial charge in [-0.25, -0.2) is 26.6 Å². The topological polar surface area (TPSA) is 135 Å². The van der Waals surface area contributed by atoms with Crippen molar-refractivity contribution in [2.45, 2.75) is 42.8 Å². The average Bonchev–Trinajstić information content (AvgIpc) is 3.73. The Kier molecular flexibility index (Phi) is 9.74. The highest BCUT2D eigenvalue weighted by molar-refractivity contribution is 7.90. The van der Waals surface area contributed by atoms with Gasteiger partial charge in [-0.1, -0.05) is 73.7 Å². The van der Waals surface area contributed by atoms with E-state index in [9.17, 15) is 18.0 Å². The first-order valence-electron chi connectivity index (χ1n) is 17.1. The summed E-state index contributed by atoms with van der Waals surface area (Å²) in [5, 5.41) is 9.17. The van der Waals surface area contributed by atoms with Gasteiger partial charge in [0.2, 0.25) is 5.91 Å². The molecular weight excluding hydrogens is 672 g/mol. The standard InChI is InChI=1S/C38H39FN6O5S/c1-2-44-20-18-33(32(39)23-44)43-36-30-17-21-45(51(48,49)25-10-4-3-5-11-25)37(30)41-22-34(36)42-35(46)16-19-40-38(47)50-24-31-28-14-8-6-12-26(28)27-13-7-9-15-29(27)31/h3-15,17,21-22,31-33H,2,16,18-20,23-24H2,1H3,(H,40,47)(H,41,43)(H,42,46)/t32-,33-/m1/s1. The summed E-state index contributed by atoms with van der Waals surface area (Å²) >= 11 is 0. The lowest BCUT2D eigenvalue weighted by Gasteiger charge is -2.35. The van der Waals surface area contributed by atoms with Gasteiger partial charge < -0.3 is 25.6 Å². The number of nitrogens with zero attached hydrogens (tertiary/aromatic N) is 3. The second kappa shape index (κ2) is 14.5. The first-order valence-corrected chi connectivity index (χ1v) is 18.5. The van der Waals surface area contributed by atoms with Crippen molar-refractivity contribution in [3.63, 3.8) is 0 Å².